The number of nitrogens with zero attached hydrogens (tertiary/aromatic N) is 1. The summed E-state index contributed by atoms with van der Waals surface area (Å²) < 4.78 is 4.87. The van der Waals surface area contributed by atoms with E-state index in [1.54, 1.807) is 4.90 Å². The summed E-state index contributed by atoms with van der Waals surface area (Å²) in [7, 11) is 0. The van der Waals surface area contributed by atoms with Crippen LogP contribution in [0.25, 0.3) is 0 Å². The third-order valence-corrected chi connectivity index (χ3v) is 3.56. The monoisotopic (exact) mass is 225 g/mol. The van der Waals surface area contributed by atoms with Gasteiger partial charge < -0.3 is 14.7 Å². The summed E-state index contributed by atoms with van der Waals surface area (Å²) in [5.74, 6) is -1.03. The molecular weight excluding hydrogens is 210 g/mol. The van der Waals surface area contributed by atoms with Gasteiger partial charge in [-0.3, -0.25) is 4.79 Å². The average molecular weight is 225 g/mol. The Kier molecular flexibility index (Phi) is 2.61. The van der Waals surface area contributed by atoms with Crippen LogP contribution in [0.1, 0.15) is 12.8 Å². The lowest BCUT2D eigenvalue weighted by Gasteiger charge is -2.58. The fourth-order valence-electron chi connectivity index (χ4n) is 2.53. The van der Waals surface area contributed by atoms with Gasteiger partial charge >= 0.3 is 12.1 Å². The van der Waals surface area contributed by atoms with Crippen LogP contribution in [0.3, 0.4) is 0 Å². The van der Waals surface area contributed by atoms with Crippen molar-refractivity contribution in [1.29, 1.82) is 0 Å². The molecule has 0 aromatic rings. The van der Waals surface area contributed by atoms with Gasteiger partial charge in [-0.1, -0.05) is 12.7 Å². The number of hydrogen-bond donors (Lipinski definition) is 1. The average Bonchev–Trinajstić information content (AvgIpc) is 2.09. The molecule has 1 saturated heterocycles. The maximum Gasteiger partial charge on any atom is 0.410 e. The minimum Gasteiger partial charge on any atom is -0.481 e. The van der Waals surface area contributed by atoms with E-state index in [9.17, 15) is 9.59 Å². The molecule has 1 amide bonds. The van der Waals surface area contributed by atoms with E-state index in [0.717, 1.165) is 12.8 Å². The second-order valence-electron chi connectivity index (χ2n) is 4.51. The molecule has 5 heteroatoms. The highest BCUT2D eigenvalue weighted by Gasteiger charge is 2.59. The number of rotatable bonds is 3. The fraction of sp³-hybridized carbons (Fsp3) is 0.636. The molecule has 0 aromatic heterocycles. The van der Waals surface area contributed by atoms with Crippen LogP contribution in [-0.4, -0.2) is 41.8 Å². The molecule has 1 aliphatic heterocycles. The lowest BCUT2D eigenvalue weighted by molar-refractivity contribution is -0.168. The van der Waals surface area contributed by atoms with Crippen molar-refractivity contribution >= 4 is 12.1 Å². The van der Waals surface area contributed by atoms with E-state index in [4.69, 9.17) is 9.84 Å². The third kappa shape index (κ3) is 1.56. The topological polar surface area (TPSA) is 66.8 Å². The van der Waals surface area contributed by atoms with E-state index in [0.29, 0.717) is 13.1 Å². The number of aliphatic carboxylic acids is 1. The van der Waals surface area contributed by atoms with E-state index in [2.05, 4.69) is 6.58 Å². The van der Waals surface area contributed by atoms with E-state index in [-0.39, 0.29) is 24.0 Å². The first-order chi connectivity index (χ1) is 7.59. The van der Waals surface area contributed by atoms with Crippen LogP contribution in [0.4, 0.5) is 4.79 Å². The molecule has 2 rings (SSSR count). The van der Waals surface area contributed by atoms with E-state index >= 15 is 0 Å². The van der Waals surface area contributed by atoms with Crippen molar-refractivity contribution in [2.75, 3.05) is 19.7 Å². The van der Waals surface area contributed by atoms with E-state index < -0.39 is 5.97 Å². The Morgan fingerprint density at radius 2 is 2.25 bits per heavy atom. The van der Waals surface area contributed by atoms with Crippen molar-refractivity contribution in [3.63, 3.8) is 0 Å². The summed E-state index contributed by atoms with van der Waals surface area (Å²) >= 11 is 0. The standard InChI is InChI=1S/C11H15NO4/c1-2-5-16-10(15)12-6-11(7-12)4-3-8(11)9(13)14/h2,8H,1,3-7H2,(H,13,14). The number of likely N-dealkylation sites (tertiary alicyclic amines) is 1. The van der Waals surface area contributed by atoms with E-state index in [1.807, 2.05) is 0 Å². The first kappa shape index (κ1) is 11.0. The molecule has 1 saturated carbocycles. The van der Waals surface area contributed by atoms with Gasteiger partial charge in [-0.2, -0.15) is 0 Å². The molecule has 16 heavy (non-hydrogen) atoms. The van der Waals surface area contributed by atoms with Gasteiger partial charge in [-0.05, 0) is 12.8 Å². The highest BCUT2D eigenvalue weighted by Crippen LogP contribution is 2.53. The molecule has 88 valence electrons. The molecular formula is C11H15NO4. The zero-order valence-electron chi connectivity index (χ0n) is 9.02. The maximum absolute atomic E-state index is 11.4. The number of carboxylic acid groups (broad SMARTS) is 1. The molecule has 1 heterocycles. The Morgan fingerprint density at radius 1 is 1.56 bits per heavy atom. The van der Waals surface area contributed by atoms with E-state index in [1.165, 1.54) is 6.08 Å². The second kappa shape index (κ2) is 3.81. The molecule has 0 bridgehead atoms. The summed E-state index contributed by atoms with van der Waals surface area (Å²) in [6.45, 7) is 4.68. The van der Waals surface area contributed by atoms with Crippen molar-refractivity contribution < 1.29 is 19.4 Å². The number of amides is 1. The third-order valence-electron chi connectivity index (χ3n) is 3.56. The largest absolute Gasteiger partial charge is 0.481 e. The van der Waals surface area contributed by atoms with Crippen LogP contribution in [0, 0.1) is 11.3 Å². The summed E-state index contributed by atoms with van der Waals surface area (Å²) in [5, 5.41) is 8.95. The predicted molar refractivity (Wildman–Crippen MR) is 55.9 cm³/mol. The van der Waals surface area contributed by atoms with Crippen LogP contribution < -0.4 is 0 Å². The van der Waals surface area contributed by atoms with Crippen LogP contribution in [0.5, 0.6) is 0 Å². The molecule has 1 N–H and O–H groups in total. The summed E-state index contributed by atoms with van der Waals surface area (Å²) in [4.78, 5) is 23.8. The quantitative estimate of drug-likeness (QED) is 0.730. The van der Waals surface area contributed by atoms with Gasteiger partial charge in [0.2, 0.25) is 0 Å². The lowest BCUT2D eigenvalue weighted by atomic mass is 9.56. The zero-order valence-corrected chi connectivity index (χ0v) is 9.02. The minimum absolute atomic E-state index is 0.168. The van der Waals surface area contributed by atoms with Crippen molar-refractivity contribution in [3.8, 4) is 0 Å². The Labute approximate surface area is 93.7 Å². The Morgan fingerprint density at radius 3 is 2.69 bits per heavy atom. The molecule has 2 aliphatic rings. The van der Waals surface area contributed by atoms with Crippen LogP contribution in [0.2, 0.25) is 0 Å². The normalized spacial score (nSPS) is 25.5. The Balaban J connectivity index is 1.83. The minimum atomic E-state index is -0.745. The van der Waals surface area contributed by atoms with Gasteiger partial charge in [0.25, 0.3) is 0 Å². The van der Waals surface area contributed by atoms with Crippen LogP contribution in [-0.2, 0) is 9.53 Å². The maximum atomic E-state index is 11.4. The molecule has 1 unspecified atom stereocenters. The van der Waals surface area contributed by atoms with Gasteiger partial charge in [-0.25, -0.2) is 4.79 Å². The summed E-state index contributed by atoms with van der Waals surface area (Å²) in [6, 6.07) is 0. The summed E-state index contributed by atoms with van der Waals surface area (Å²) in [6.07, 6.45) is 2.76. The van der Waals surface area contributed by atoms with Crippen LogP contribution in [0.15, 0.2) is 12.7 Å². The first-order valence-corrected chi connectivity index (χ1v) is 5.34. The lowest BCUT2D eigenvalue weighted by Crippen LogP contribution is -2.67. The second-order valence-corrected chi connectivity index (χ2v) is 4.51. The van der Waals surface area contributed by atoms with Crippen LogP contribution >= 0.6 is 0 Å². The van der Waals surface area contributed by atoms with Crippen molar-refractivity contribution in [2.45, 2.75) is 12.8 Å². The fourth-order valence-corrected chi connectivity index (χ4v) is 2.53. The molecule has 5 nitrogen and oxygen atoms in total. The highest BCUT2D eigenvalue weighted by molar-refractivity contribution is 5.75. The first-order valence-electron chi connectivity index (χ1n) is 5.34. The number of hydrogen-bond acceptors (Lipinski definition) is 3. The number of carbonyl (C=O) groups is 2. The molecule has 1 atom stereocenters. The molecule has 1 spiro atoms. The summed E-state index contributed by atoms with van der Waals surface area (Å²) in [5.41, 5.74) is -0.168. The molecule has 1 aliphatic carbocycles. The highest BCUT2D eigenvalue weighted by atomic mass is 16.6. The van der Waals surface area contributed by atoms with Gasteiger partial charge in [0.1, 0.15) is 6.61 Å². The molecule has 2 fully saturated rings. The van der Waals surface area contributed by atoms with Gasteiger partial charge in [0, 0.05) is 18.5 Å². The molecule has 0 radical (unpaired) electrons. The van der Waals surface area contributed by atoms with Gasteiger partial charge in [0.15, 0.2) is 0 Å². The Bertz CT molecular complexity index is 333. The SMILES string of the molecule is C=CCOC(=O)N1CC2(CCC2C(=O)O)C1. The van der Waals surface area contributed by atoms with Gasteiger partial charge in [-0.15, -0.1) is 0 Å². The van der Waals surface area contributed by atoms with Crippen molar-refractivity contribution in [1.82, 2.24) is 4.90 Å². The number of ether oxygens (including phenoxy) is 1. The molecule has 0 aromatic carbocycles. The Hall–Kier alpha value is -1.52. The number of carboxylic acids is 1. The van der Waals surface area contributed by atoms with Crippen molar-refractivity contribution in [3.05, 3.63) is 12.7 Å². The zero-order chi connectivity index (χ0) is 11.8. The smallest absolute Gasteiger partial charge is 0.410 e. The van der Waals surface area contributed by atoms with Crippen molar-refractivity contribution in [2.24, 2.45) is 11.3 Å². The van der Waals surface area contributed by atoms with Gasteiger partial charge in [0.05, 0.1) is 5.92 Å². The number of carbonyl (C=O) groups excluding carboxylic acids is 1. The predicted octanol–water partition coefficient (Wildman–Crippen LogP) is 1.11.